The van der Waals surface area contributed by atoms with Crippen molar-refractivity contribution in [3.05, 3.63) is 15.6 Å². The number of piperazine rings is 1. The Morgan fingerprint density at radius 2 is 1.79 bits per heavy atom. The molecule has 2 fully saturated rings. The molecule has 4 heterocycles. The zero-order valence-electron chi connectivity index (χ0n) is 25.6. The lowest BCUT2D eigenvalue weighted by molar-refractivity contribution is -0.0420. The lowest BCUT2D eigenvalue weighted by atomic mass is 9.96. The van der Waals surface area contributed by atoms with E-state index in [4.69, 9.17) is 25.7 Å². The van der Waals surface area contributed by atoms with Gasteiger partial charge in [0.1, 0.15) is 27.6 Å². The highest BCUT2D eigenvalue weighted by Gasteiger charge is 2.56. The summed E-state index contributed by atoms with van der Waals surface area (Å²) in [4.78, 5) is 30.3. The number of hydrogen-bond acceptors (Lipinski definition) is 8. The first kappa shape index (κ1) is 34.5. The van der Waals surface area contributed by atoms with E-state index in [-0.39, 0.29) is 44.2 Å². The second-order valence-electron chi connectivity index (χ2n) is 12.0. The molecule has 43 heavy (non-hydrogen) atoms. The highest BCUT2D eigenvalue weighted by atomic mass is 79.9. The van der Waals surface area contributed by atoms with Gasteiger partial charge in [-0.05, 0) is 73.4 Å². The van der Waals surface area contributed by atoms with E-state index in [0.717, 1.165) is 0 Å². The molecule has 2 bridgehead atoms. The van der Waals surface area contributed by atoms with E-state index in [2.05, 4.69) is 25.9 Å². The van der Waals surface area contributed by atoms with E-state index in [1.807, 2.05) is 27.7 Å². The van der Waals surface area contributed by atoms with Crippen molar-refractivity contribution in [3.63, 3.8) is 0 Å². The zero-order chi connectivity index (χ0) is 31.9. The Labute approximate surface area is 270 Å². The van der Waals surface area contributed by atoms with E-state index in [9.17, 15) is 4.79 Å². The van der Waals surface area contributed by atoms with Crippen LogP contribution in [-0.4, -0.2) is 82.8 Å². The number of ether oxygens (including phenoxy) is 1. The lowest BCUT2D eigenvalue weighted by Gasteiger charge is -2.51. The number of amides is 1. The number of rotatable bonds is 10. The molecule has 8 nitrogen and oxygen atoms in total. The number of carbonyl (C=O) groups is 1. The van der Waals surface area contributed by atoms with E-state index in [1.54, 1.807) is 30.6 Å². The minimum Gasteiger partial charge on any atom is -0.444 e. The molecule has 2 aliphatic heterocycles. The molecule has 0 aliphatic carbocycles. The van der Waals surface area contributed by atoms with Gasteiger partial charge in [0.2, 0.25) is 0 Å². The monoisotopic (exact) mass is 725 g/mol. The highest BCUT2D eigenvalue weighted by Crippen LogP contribution is 2.44. The quantitative estimate of drug-likeness (QED) is 0.105. The Bertz CT molecular complexity index is 1330. The summed E-state index contributed by atoms with van der Waals surface area (Å²) in [5.74, 6) is 0.0469. The average Bonchev–Trinajstić information content (AvgIpc) is 3.26. The first-order chi connectivity index (χ1) is 20.2. The van der Waals surface area contributed by atoms with Crippen molar-refractivity contribution in [2.45, 2.75) is 121 Å². The molecule has 4 atom stereocenters. The number of alkyl halides is 2. The summed E-state index contributed by atoms with van der Waals surface area (Å²) in [6.07, 6.45) is -3.86. The first-order valence-corrected chi connectivity index (χ1v) is 19.5. The third kappa shape index (κ3) is 6.92. The molecule has 240 valence electrons. The van der Waals surface area contributed by atoms with Gasteiger partial charge in [0.05, 0.1) is 23.5 Å². The Hall–Kier alpha value is -1.35. The van der Waals surface area contributed by atoms with Crippen LogP contribution < -0.4 is 4.90 Å². The van der Waals surface area contributed by atoms with Crippen LogP contribution in [0.1, 0.15) is 61.3 Å². The molecule has 2 aromatic heterocycles. The summed E-state index contributed by atoms with van der Waals surface area (Å²) >= 11 is 10.8. The van der Waals surface area contributed by atoms with Crippen LogP contribution in [0, 0.1) is 5.82 Å². The van der Waals surface area contributed by atoms with E-state index < -0.39 is 50.4 Å². The maximum Gasteiger partial charge on any atom is 0.410 e. The molecule has 0 N–H and O–H groups in total. The van der Waals surface area contributed by atoms with Gasteiger partial charge in [-0.15, -0.1) is 0 Å². The fraction of sp³-hybridized carbons (Fsp3) is 0.714. The highest BCUT2D eigenvalue weighted by molar-refractivity contribution is 9.10. The predicted molar refractivity (Wildman–Crippen MR) is 170 cm³/mol. The fourth-order valence-corrected chi connectivity index (χ4v) is 10.4. The van der Waals surface area contributed by atoms with Gasteiger partial charge >= 0.3 is 6.09 Å². The molecule has 0 radical (unpaired) electrons. The standard InChI is InChI=1S/C28H40BrClF3N5O3SSi/c1-8-42-26-34-19-17(22(29)35-23(30)18(19)31)25(36-26)37-14-15-12-13-16(38(15)27(39)40-28(5,6)7)20(37)21(24(32)33)41-43(9-2,10-3)11-4/h15-16,20-21,24H,8-14H2,1-7H3/t15-,16+,20+,21+/m1/s1. The van der Waals surface area contributed by atoms with Crippen LogP contribution in [0.2, 0.25) is 23.3 Å². The summed E-state index contributed by atoms with van der Waals surface area (Å²) in [7, 11) is -2.56. The van der Waals surface area contributed by atoms with Crippen LogP contribution >= 0.6 is 39.3 Å². The number of anilines is 1. The Morgan fingerprint density at radius 3 is 2.35 bits per heavy atom. The van der Waals surface area contributed by atoms with Crippen LogP contribution in [0.4, 0.5) is 23.8 Å². The lowest BCUT2D eigenvalue weighted by Crippen LogP contribution is -2.68. The Morgan fingerprint density at radius 1 is 1.14 bits per heavy atom. The third-order valence-electron chi connectivity index (χ3n) is 8.42. The summed E-state index contributed by atoms with van der Waals surface area (Å²) < 4.78 is 58.7. The molecule has 2 saturated heterocycles. The van der Waals surface area contributed by atoms with Crippen LogP contribution in [0.15, 0.2) is 9.76 Å². The van der Waals surface area contributed by atoms with Crippen molar-refractivity contribution in [1.29, 1.82) is 0 Å². The van der Waals surface area contributed by atoms with Gasteiger partial charge in [-0.1, -0.05) is 51.1 Å². The van der Waals surface area contributed by atoms with E-state index >= 15 is 13.2 Å². The first-order valence-electron chi connectivity index (χ1n) is 14.8. The van der Waals surface area contributed by atoms with E-state index in [1.165, 1.54) is 11.8 Å². The summed E-state index contributed by atoms with van der Waals surface area (Å²) in [5, 5.41) is 0.157. The van der Waals surface area contributed by atoms with Gasteiger partial charge in [0.15, 0.2) is 24.4 Å². The summed E-state index contributed by atoms with van der Waals surface area (Å²) in [6.45, 7) is 13.4. The van der Waals surface area contributed by atoms with Gasteiger partial charge in [-0.3, -0.25) is 4.90 Å². The normalized spacial score (nSPS) is 21.7. The number of thioether (sulfide) groups is 1. The van der Waals surface area contributed by atoms with E-state index in [0.29, 0.717) is 36.7 Å². The number of nitrogens with zero attached hydrogens (tertiary/aromatic N) is 5. The van der Waals surface area contributed by atoms with Gasteiger partial charge in [0.25, 0.3) is 6.43 Å². The molecule has 0 aromatic carbocycles. The van der Waals surface area contributed by atoms with Crippen molar-refractivity contribution in [2.75, 3.05) is 17.2 Å². The molecule has 2 aromatic rings. The van der Waals surface area contributed by atoms with Crippen molar-refractivity contribution >= 4 is 70.4 Å². The second kappa shape index (κ2) is 13.6. The zero-order valence-corrected chi connectivity index (χ0v) is 29.8. The van der Waals surface area contributed by atoms with Gasteiger partial charge in [0, 0.05) is 6.54 Å². The molecule has 0 spiro atoms. The van der Waals surface area contributed by atoms with Gasteiger partial charge < -0.3 is 14.1 Å². The second-order valence-corrected chi connectivity index (χ2v) is 19.0. The summed E-state index contributed by atoms with van der Waals surface area (Å²) in [5.41, 5.74) is -0.818. The van der Waals surface area contributed by atoms with Gasteiger partial charge in [-0.2, -0.15) is 0 Å². The summed E-state index contributed by atoms with van der Waals surface area (Å²) in [6, 6.07) is 0.0344. The van der Waals surface area contributed by atoms with Crippen molar-refractivity contribution in [1.82, 2.24) is 19.9 Å². The topological polar surface area (TPSA) is 80.7 Å². The number of fused-ring (bicyclic) bond motifs is 3. The smallest absolute Gasteiger partial charge is 0.410 e. The molecule has 15 heteroatoms. The van der Waals surface area contributed by atoms with Crippen LogP contribution in [-0.2, 0) is 9.16 Å². The third-order valence-corrected chi connectivity index (χ3v) is 14.6. The molecule has 4 rings (SSSR count). The Balaban J connectivity index is 1.96. The van der Waals surface area contributed by atoms with Crippen molar-refractivity contribution in [2.24, 2.45) is 0 Å². The maximum atomic E-state index is 15.4. The maximum absolute atomic E-state index is 15.4. The molecular formula is C28H40BrClF3N5O3SSi. The van der Waals surface area contributed by atoms with Gasteiger partial charge in [-0.25, -0.2) is 32.9 Å². The fourth-order valence-electron chi connectivity index (χ4n) is 6.23. The number of aromatic nitrogens is 3. The largest absolute Gasteiger partial charge is 0.444 e. The SMILES string of the molecule is CCSc1nc(N2C[C@H]3CC[C@@H]([C@H]2[C@H](O[Si](CC)(CC)CC)C(F)F)N3C(=O)OC(C)(C)C)c2c(Br)nc(Cl)c(F)c2n1. The van der Waals surface area contributed by atoms with Crippen LogP contribution in [0.3, 0.4) is 0 Å². The van der Waals surface area contributed by atoms with Crippen LogP contribution in [0.5, 0.6) is 0 Å². The molecular weight excluding hydrogens is 687 g/mol. The van der Waals surface area contributed by atoms with Crippen molar-refractivity contribution < 1.29 is 27.1 Å². The molecule has 1 amide bonds. The molecule has 2 aliphatic rings. The van der Waals surface area contributed by atoms with Crippen LogP contribution in [0.25, 0.3) is 10.9 Å². The minimum atomic E-state index is -2.85. The number of hydrogen-bond donors (Lipinski definition) is 0. The number of carbonyl (C=O) groups excluding carboxylic acids is 1. The average molecular weight is 727 g/mol. The Kier molecular flexibility index (Phi) is 10.9. The minimum absolute atomic E-state index is 0.0533. The van der Waals surface area contributed by atoms with Crippen molar-refractivity contribution in [3.8, 4) is 0 Å². The number of halogens is 5. The predicted octanol–water partition coefficient (Wildman–Crippen LogP) is 8.30. The number of pyridine rings is 1. The molecule has 0 saturated carbocycles. The molecule has 0 unspecified atom stereocenters.